The molecule has 0 aliphatic heterocycles. The van der Waals surface area contributed by atoms with Crippen molar-refractivity contribution in [3.63, 3.8) is 0 Å². The van der Waals surface area contributed by atoms with E-state index in [1.165, 1.54) is 0 Å². The molecule has 1 N–H and O–H groups in total. The largest absolute Gasteiger partial charge is 0.354 e. The summed E-state index contributed by atoms with van der Waals surface area (Å²) in [6, 6.07) is 13.8. The normalized spacial score (nSPS) is 10.8. The number of carbonyl (C=O) groups excluding carboxylic acids is 1. The first-order chi connectivity index (χ1) is 9.19. The molecule has 4 heteroatoms. The molecule has 3 aromatic rings. The monoisotopic (exact) mass is 377 g/mol. The fraction of sp³-hybridized carbons (Fsp3) is 0. The summed E-state index contributed by atoms with van der Waals surface area (Å²) >= 11 is 6.85. The maximum absolute atomic E-state index is 11.4. The number of nitrogens with one attached hydrogen (secondary N) is 1. The Morgan fingerprint density at radius 1 is 0.947 bits per heavy atom. The number of carbonyl (C=O) groups is 1. The summed E-state index contributed by atoms with van der Waals surface area (Å²) in [6.07, 6.45) is 0.905. The molecule has 2 nitrogen and oxygen atoms in total. The van der Waals surface area contributed by atoms with E-state index < -0.39 is 0 Å². The molecule has 0 saturated carbocycles. The smallest absolute Gasteiger partial charge is 0.152 e. The molecule has 0 radical (unpaired) electrons. The molecule has 19 heavy (non-hydrogen) atoms. The standard InChI is InChI=1S/C15H9Br2NO/c16-10-3-1-9(2-4-10)15-13(8-19)12-7-11(17)5-6-14(12)18-15/h1-8,18H. The maximum atomic E-state index is 11.4. The van der Waals surface area contributed by atoms with Gasteiger partial charge < -0.3 is 4.98 Å². The summed E-state index contributed by atoms with van der Waals surface area (Å²) in [5, 5.41) is 0.933. The molecule has 0 unspecified atom stereocenters. The summed E-state index contributed by atoms with van der Waals surface area (Å²) in [4.78, 5) is 14.7. The van der Waals surface area contributed by atoms with Crippen LogP contribution in [0.5, 0.6) is 0 Å². The molecule has 3 rings (SSSR count). The van der Waals surface area contributed by atoms with Crippen molar-refractivity contribution >= 4 is 49.0 Å². The molecule has 0 fully saturated rings. The Balaban J connectivity index is 2.28. The van der Waals surface area contributed by atoms with Gasteiger partial charge in [-0.15, -0.1) is 0 Å². The lowest BCUT2D eigenvalue weighted by atomic mass is 10.1. The van der Waals surface area contributed by atoms with Gasteiger partial charge in [-0.25, -0.2) is 0 Å². The molecular formula is C15H9Br2NO. The number of aldehydes is 1. The Labute approximate surface area is 127 Å². The summed E-state index contributed by atoms with van der Waals surface area (Å²) in [7, 11) is 0. The molecule has 0 atom stereocenters. The van der Waals surface area contributed by atoms with Crippen LogP contribution in [-0.2, 0) is 0 Å². The molecule has 0 bridgehead atoms. The van der Waals surface area contributed by atoms with E-state index in [-0.39, 0.29) is 0 Å². The number of hydrogen-bond acceptors (Lipinski definition) is 1. The number of hydrogen-bond donors (Lipinski definition) is 1. The van der Waals surface area contributed by atoms with Gasteiger partial charge >= 0.3 is 0 Å². The number of rotatable bonds is 2. The predicted octanol–water partition coefficient (Wildman–Crippen LogP) is 5.17. The Hall–Kier alpha value is -1.39. The van der Waals surface area contributed by atoms with Crippen molar-refractivity contribution < 1.29 is 4.79 Å². The first-order valence-corrected chi connectivity index (χ1v) is 7.30. The summed E-state index contributed by atoms with van der Waals surface area (Å²) in [5.74, 6) is 0. The van der Waals surface area contributed by atoms with E-state index in [1.807, 2.05) is 42.5 Å². The second-order valence-corrected chi connectivity index (χ2v) is 6.06. The first kappa shape index (κ1) is 12.6. The van der Waals surface area contributed by atoms with Crippen molar-refractivity contribution in [3.05, 3.63) is 57.0 Å². The van der Waals surface area contributed by atoms with Gasteiger partial charge in [-0.1, -0.05) is 44.0 Å². The zero-order chi connectivity index (χ0) is 13.4. The highest BCUT2D eigenvalue weighted by atomic mass is 79.9. The quantitative estimate of drug-likeness (QED) is 0.613. The van der Waals surface area contributed by atoms with Crippen LogP contribution in [0.4, 0.5) is 0 Å². The van der Waals surface area contributed by atoms with E-state index in [0.29, 0.717) is 5.56 Å². The molecule has 1 aromatic heterocycles. The average molecular weight is 379 g/mol. The second-order valence-electron chi connectivity index (χ2n) is 4.23. The molecule has 0 saturated heterocycles. The van der Waals surface area contributed by atoms with Gasteiger partial charge in [0.25, 0.3) is 0 Å². The van der Waals surface area contributed by atoms with E-state index in [9.17, 15) is 4.79 Å². The molecule has 1 heterocycles. The van der Waals surface area contributed by atoms with E-state index >= 15 is 0 Å². The third-order valence-corrected chi connectivity index (χ3v) is 4.07. The number of aromatic nitrogens is 1. The van der Waals surface area contributed by atoms with Crippen LogP contribution < -0.4 is 0 Å². The molecule has 2 aromatic carbocycles. The number of H-pyrrole nitrogens is 1. The van der Waals surface area contributed by atoms with E-state index in [1.54, 1.807) is 0 Å². The maximum Gasteiger partial charge on any atom is 0.152 e. The van der Waals surface area contributed by atoms with Gasteiger partial charge in [-0.3, -0.25) is 4.79 Å². The Kier molecular flexibility index (Phi) is 3.29. The zero-order valence-corrected chi connectivity index (χ0v) is 13.0. The highest BCUT2D eigenvalue weighted by molar-refractivity contribution is 9.10. The average Bonchev–Trinajstić information content (AvgIpc) is 2.77. The number of fused-ring (bicyclic) bond motifs is 1. The van der Waals surface area contributed by atoms with Gasteiger partial charge in [-0.2, -0.15) is 0 Å². The van der Waals surface area contributed by atoms with Gasteiger partial charge in [0, 0.05) is 25.4 Å². The lowest BCUT2D eigenvalue weighted by Gasteiger charge is -2.00. The third kappa shape index (κ3) is 2.26. The summed E-state index contributed by atoms with van der Waals surface area (Å²) < 4.78 is 1.98. The molecule has 94 valence electrons. The van der Waals surface area contributed by atoms with Crippen molar-refractivity contribution in [1.29, 1.82) is 0 Å². The van der Waals surface area contributed by atoms with Gasteiger partial charge in [-0.05, 0) is 35.9 Å². The number of aromatic amines is 1. The summed E-state index contributed by atoms with van der Waals surface area (Å²) in [5.41, 5.74) is 3.51. The van der Waals surface area contributed by atoms with Crippen molar-refractivity contribution in [2.45, 2.75) is 0 Å². The van der Waals surface area contributed by atoms with Crippen molar-refractivity contribution in [2.75, 3.05) is 0 Å². The highest BCUT2D eigenvalue weighted by Gasteiger charge is 2.12. The number of benzene rings is 2. The van der Waals surface area contributed by atoms with Crippen LogP contribution in [0.15, 0.2) is 51.4 Å². The van der Waals surface area contributed by atoms with Crippen LogP contribution in [0.3, 0.4) is 0 Å². The van der Waals surface area contributed by atoms with Gasteiger partial charge in [0.15, 0.2) is 6.29 Å². The molecule has 0 spiro atoms. The van der Waals surface area contributed by atoms with Gasteiger partial charge in [0.05, 0.1) is 5.69 Å². The third-order valence-electron chi connectivity index (χ3n) is 3.05. The predicted molar refractivity (Wildman–Crippen MR) is 84.5 cm³/mol. The second kappa shape index (κ2) is 4.94. The Bertz CT molecular complexity index is 760. The lowest BCUT2D eigenvalue weighted by Crippen LogP contribution is -1.84. The zero-order valence-electron chi connectivity index (χ0n) is 9.78. The Morgan fingerprint density at radius 3 is 2.32 bits per heavy atom. The molecule has 0 amide bonds. The minimum Gasteiger partial charge on any atom is -0.354 e. The topological polar surface area (TPSA) is 32.9 Å². The van der Waals surface area contributed by atoms with Crippen LogP contribution >= 0.6 is 31.9 Å². The van der Waals surface area contributed by atoms with Crippen LogP contribution in [0.1, 0.15) is 10.4 Å². The fourth-order valence-corrected chi connectivity index (χ4v) is 2.78. The van der Waals surface area contributed by atoms with E-state index in [2.05, 4.69) is 36.8 Å². The van der Waals surface area contributed by atoms with Crippen LogP contribution in [0.2, 0.25) is 0 Å². The lowest BCUT2D eigenvalue weighted by molar-refractivity contribution is 0.112. The van der Waals surface area contributed by atoms with E-state index in [4.69, 9.17) is 0 Å². The van der Waals surface area contributed by atoms with E-state index in [0.717, 1.165) is 37.4 Å². The van der Waals surface area contributed by atoms with Gasteiger partial charge in [0.2, 0.25) is 0 Å². The van der Waals surface area contributed by atoms with Gasteiger partial charge in [0.1, 0.15) is 0 Å². The molecular weight excluding hydrogens is 370 g/mol. The van der Waals surface area contributed by atoms with Crippen molar-refractivity contribution in [3.8, 4) is 11.3 Å². The minimum atomic E-state index is 0.693. The first-order valence-electron chi connectivity index (χ1n) is 5.71. The van der Waals surface area contributed by atoms with Crippen LogP contribution in [0.25, 0.3) is 22.2 Å². The molecule has 0 aliphatic carbocycles. The summed E-state index contributed by atoms with van der Waals surface area (Å²) in [6.45, 7) is 0. The Morgan fingerprint density at radius 2 is 1.63 bits per heavy atom. The van der Waals surface area contributed by atoms with Crippen molar-refractivity contribution in [2.24, 2.45) is 0 Å². The number of halogens is 2. The molecule has 0 aliphatic rings. The fourth-order valence-electron chi connectivity index (χ4n) is 2.15. The van der Waals surface area contributed by atoms with Crippen molar-refractivity contribution in [1.82, 2.24) is 4.98 Å². The highest BCUT2D eigenvalue weighted by Crippen LogP contribution is 2.31. The van der Waals surface area contributed by atoms with Crippen LogP contribution in [0, 0.1) is 0 Å². The minimum absolute atomic E-state index is 0.693. The SMILES string of the molecule is O=Cc1c(-c2ccc(Br)cc2)[nH]c2ccc(Br)cc12. The van der Waals surface area contributed by atoms with Crippen LogP contribution in [-0.4, -0.2) is 11.3 Å².